The molecule has 1 aromatic rings. The fourth-order valence-electron chi connectivity index (χ4n) is 2.26. The Morgan fingerprint density at radius 3 is 2.65 bits per heavy atom. The summed E-state index contributed by atoms with van der Waals surface area (Å²) >= 11 is -2.68. The fraction of sp³-hybridized carbons (Fsp3) is 0.667. The maximum absolute atomic E-state index is 13.6. The van der Waals surface area contributed by atoms with Gasteiger partial charge in [-0.3, -0.25) is 0 Å². The van der Waals surface area contributed by atoms with Crippen LogP contribution in [0.2, 0.25) is 14.8 Å². The number of rotatable bonds is 3. The molecule has 1 aliphatic rings. The molecule has 2 rings (SSSR count). The number of H-pyrrole nitrogens is 1. The van der Waals surface area contributed by atoms with E-state index in [9.17, 15) is 14.0 Å². The number of halogens is 1. The molecule has 1 saturated heterocycles. The van der Waals surface area contributed by atoms with Crippen LogP contribution >= 0.6 is 0 Å². The summed E-state index contributed by atoms with van der Waals surface area (Å²) in [6.45, 7) is -0.429. The minimum atomic E-state index is -2.68. The number of alkyl halides is 1. The number of aliphatic hydroxyl groups is 1. The predicted molar refractivity (Wildman–Crippen MR) is 74.8 cm³/mol. The topological polar surface area (TPSA) is 84.3 Å². The van der Waals surface area contributed by atoms with E-state index in [1.807, 2.05) is 0 Å². The van der Waals surface area contributed by atoms with Crippen LogP contribution in [-0.4, -0.2) is 51.9 Å². The molecule has 20 heavy (non-hydrogen) atoms. The van der Waals surface area contributed by atoms with Crippen LogP contribution in [0.15, 0.2) is 15.8 Å². The second-order valence-corrected chi connectivity index (χ2v) is 20.4. The van der Waals surface area contributed by atoms with Crippen molar-refractivity contribution >= 4 is 22.0 Å². The predicted octanol–water partition coefficient (Wildman–Crippen LogP) is -0.300. The van der Waals surface area contributed by atoms with E-state index in [1.165, 1.54) is 10.8 Å². The fourth-order valence-corrected chi connectivity index (χ4v) is 5.88. The van der Waals surface area contributed by atoms with Gasteiger partial charge < -0.3 is 0 Å². The van der Waals surface area contributed by atoms with Crippen molar-refractivity contribution in [2.24, 2.45) is 0 Å². The molecule has 0 spiro atoms. The van der Waals surface area contributed by atoms with E-state index in [2.05, 4.69) is 19.8 Å². The molecule has 0 unspecified atom stereocenters. The van der Waals surface area contributed by atoms with Crippen LogP contribution in [0, 0.1) is 0 Å². The molecule has 0 aromatic carbocycles. The van der Waals surface area contributed by atoms with Gasteiger partial charge in [-0.1, -0.05) is 0 Å². The monoisotopic (exact) mass is 394 g/mol. The first-order valence-electron chi connectivity index (χ1n) is 6.50. The third kappa shape index (κ3) is 2.99. The summed E-state index contributed by atoms with van der Waals surface area (Å²) in [5.41, 5.74) is -0.965. The molecule has 6 nitrogen and oxygen atoms in total. The molecule has 3 atom stereocenters. The number of ether oxygens (including phenoxy) is 1. The number of nitrogens with one attached hydrogen (secondary N) is 1. The second-order valence-electron chi connectivity index (χ2n) is 6.02. The summed E-state index contributed by atoms with van der Waals surface area (Å²) in [5.74, 6) is 0. The van der Waals surface area contributed by atoms with Crippen molar-refractivity contribution in [3.63, 3.8) is 0 Å². The molecule has 1 aromatic heterocycles. The van der Waals surface area contributed by atoms with Crippen molar-refractivity contribution < 1.29 is 14.2 Å². The third-order valence-electron chi connectivity index (χ3n) is 3.43. The van der Waals surface area contributed by atoms with Gasteiger partial charge in [0.1, 0.15) is 0 Å². The zero-order chi connectivity index (χ0) is 15.1. The third-order valence-corrected chi connectivity index (χ3v) is 9.06. The van der Waals surface area contributed by atoms with Gasteiger partial charge >= 0.3 is 119 Å². The number of hydrogen-bond acceptors (Lipinski definition) is 4. The van der Waals surface area contributed by atoms with Crippen LogP contribution in [0.4, 0.5) is 4.39 Å². The van der Waals surface area contributed by atoms with E-state index < -0.39 is 49.2 Å². The molecule has 0 amide bonds. The number of aromatic amines is 1. The van der Waals surface area contributed by atoms with Gasteiger partial charge in [-0.15, -0.1) is 0 Å². The van der Waals surface area contributed by atoms with Gasteiger partial charge in [0.2, 0.25) is 0 Å². The van der Waals surface area contributed by atoms with Crippen molar-refractivity contribution in [1.29, 1.82) is 0 Å². The van der Waals surface area contributed by atoms with Crippen molar-refractivity contribution in [2.75, 3.05) is 6.61 Å². The zero-order valence-electron chi connectivity index (χ0n) is 11.7. The molecule has 1 aliphatic heterocycles. The average molecular weight is 393 g/mol. The van der Waals surface area contributed by atoms with Crippen molar-refractivity contribution in [3.8, 4) is 0 Å². The molecular weight excluding hydrogens is 374 g/mol. The Labute approximate surface area is 119 Å². The Morgan fingerprint density at radius 2 is 2.15 bits per heavy atom. The Bertz CT molecular complexity index is 607. The minimum absolute atomic E-state index is 0.00369. The Balaban J connectivity index is 2.43. The van der Waals surface area contributed by atoms with Gasteiger partial charge in [0.25, 0.3) is 0 Å². The first kappa shape index (κ1) is 15.7. The van der Waals surface area contributed by atoms with Gasteiger partial charge in [0.15, 0.2) is 0 Å². The van der Waals surface area contributed by atoms with Gasteiger partial charge in [-0.05, 0) is 0 Å². The molecule has 2 heterocycles. The Hall–Kier alpha value is -0.671. The quantitative estimate of drug-likeness (QED) is 0.692. The number of aliphatic hydroxyl groups excluding tert-OH is 1. The molecule has 2 N–H and O–H groups in total. The SMILES string of the molecule is [CH3][Sn]([CH3])([CH3])[c]1cn([C@H]2C[C@H](F)[C@@H](CO)O2)c(=O)[nH]c1=O. The normalized spacial score (nSPS) is 26.9. The summed E-state index contributed by atoms with van der Waals surface area (Å²) in [6, 6.07) is 0. The van der Waals surface area contributed by atoms with Crippen molar-refractivity contribution in [3.05, 3.63) is 27.0 Å². The van der Waals surface area contributed by atoms with Crippen LogP contribution in [0.1, 0.15) is 12.6 Å². The number of nitrogens with zero attached hydrogens (tertiary/aromatic N) is 1. The summed E-state index contributed by atoms with van der Waals surface area (Å²) < 4.78 is 20.8. The number of hydrogen-bond donors (Lipinski definition) is 2. The average Bonchev–Trinajstić information content (AvgIpc) is 2.68. The van der Waals surface area contributed by atoms with Crippen LogP contribution in [-0.2, 0) is 4.74 Å². The molecule has 1 fully saturated rings. The Morgan fingerprint density at radius 1 is 1.50 bits per heavy atom. The van der Waals surface area contributed by atoms with Crippen LogP contribution in [0.5, 0.6) is 0 Å². The van der Waals surface area contributed by atoms with Gasteiger partial charge in [0.05, 0.1) is 0 Å². The number of aromatic nitrogens is 2. The van der Waals surface area contributed by atoms with E-state index in [4.69, 9.17) is 9.84 Å². The van der Waals surface area contributed by atoms with Crippen molar-refractivity contribution in [2.45, 2.75) is 39.7 Å². The molecule has 0 radical (unpaired) electrons. The second kappa shape index (κ2) is 5.61. The van der Waals surface area contributed by atoms with E-state index in [0.717, 1.165) is 0 Å². The molecular formula is C12H19FN2O4Sn. The molecule has 8 heteroatoms. The maximum atomic E-state index is 13.6. The summed E-state index contributed by atoms with van der Waals surface area (Å²) in [4.78, 5) is 32.2. The standard InChI is InChI=1S/C9H10FN2O4.3CH3.Sn/c10-5-3-8(16-6(5)4-13)12-2-1-7(14)11-9(12)15;;;;/h2,5-6,8,13H,3-4H2,(H,11,14,15);3*1H3;/t5-,6+,8+;;;;/m0..../s1. The summed E-state index contributed by atoms with van der Waals surface area (Å²) in [7, 11) is 0. The van der Waals surface area contributed by atoms with E-state index in [0.29, 0.717) is 3.58 Å². The van der Waals surface area contributed by atoms with E-state index >= 15 is 0 Å². The van der Waals surface area contributed by atoms with Gasteiger partial charge in [-0.25, -0.2) is 0 Å². The molecule has 0 saturated carbocycles. The summed E-state index contributed by atoms with van der Waals surface area (Å²) in [5, 5.41) is 9.00. The molecule has 0 aliphatic carbocycles. The first-order valence-corrected chi connectivity index (χ1v) is 16.5. The molecule has 0 bridgehead atoms. The van der Waals surface area contributed by atoms with Crippen molar-refractivity contribution in [1.82, 2.24) is 9.55 Å². The Kier molecular flexibility index (Phi) is 4.41. The summed E-state index contributed by atoms with van der Waals surface area (Å²) in [6.07, 6.45) is -1.50. The van der Waals surface area contributed by atoms with Gasteiger partial charge in [0, 0.05) is 0 Å². The molecule has 112 valence electrons. The zero-order valence-corrected chi connectivity index (χ0v) is 14.6. The van der Waals surface area contributed by atoms with E-state index in [1.54, 1.807) is 0 Å². The van der Waals surface area contributed by atoms with Crippen LogP contribution in [0.25, 0.3) is 0 Å². The van der Waals surface area contributed by atoms with Crippen LogP contribution in [0.3, 0.4) is 0 Å². The first-order chi connectivity index (χ1) is 9.24. The van der Waals surface area contributed by atoms with Crippen LogP contribution < -0.4 is 14.8 Å². The van der Waals surface area contributed by atoms with Gasteiger partial charge in [-0.2, -0.15) is 0 Å². The van der Waals surface area contributed by atoms with E-state index in [-0.39, 0.29) is 12.0 Å².